The lowest BCUT2D eigenvalue weighted by Gasteiger charge is -2.15. The normalized spacial score (nSPS) is 24.5. The topological polar surface area (TPSA) is 26.0 Å². The summed E-state index contributed by atoms with van der Waals surface area (Å²) in [4.78, 5) is 0. The molecule has 1 atom stereocenters. The van der Waals surface area contributed by atoms with Gasteiger partial charge in [0.25, 0.3) is 0 Å². The lowest BCUT2D eigenvalue weighted by molar-refractivity contribution is 0.885. The van der Waals surface area contributed by atoms with Crippen LogP contribution in [0, 0.1) is 0 Å². The second-order valence-electron chi connectivity index (χ2n) is 2.92. The van der Waals surface area contributed by atoms with Gasteiger partial charge in [-0.25, -0.2) is 0 Å². The molecule has 0 saturated carbocycles. The summed E-state index contributed by atoms with van der Waals surface area (Å²) < 4.78 is 0. The Kier molecular flexibility index (Phi) is 3.16. The molecule has 0 aromatic heterocycles. The first-order valence-electron chi connectivity index (χ1n) is 3.95. The maximum atomic E-state index is 5.92. The van der Waals surface area contributed by atoms with Gasteiger partial charge >= 0.3 is 0 Å². The van der Waals surface area contributed by atoms with Crippen LogP contribution in [0.5, 0.6) is 0 Å². The largest absolute Gasteiger partial charge is 0.330 e. The van der Waals surface area contributed by atoms with Crippen LogP contribution in [-0.2, 0) is 0 Å². The summed E-state index contributed by atoms with van der Waals surface area (Å²) in [7, 11) is 0. The quantitative estimate of drug-likeness (QED) is 0.634. The van der Waals surface area contributed by atoms with Gasteiger partial charge in [0.2, 0.25) is 0 Å². The molecule has 1 nitrogen and oxygen atoms in total. The van der Waals surface area contributed by atoms with Crippen LogP contribution in [0.4, 0.5) is 0 Å². The molecule has 0 heterocycles. The van der Waals surface area contributed by atoms with E-state index in [4.69, 9.17) is 17.3 Å². The third-order valence-corrected chi connectivity index (χ3v) is 2.27. The Bertz CT molecular complexity index is 194. The van der Waals surface area contributed by atoms with Gasteiger partial charge in [-0.3, -0.25) is 0 Å². The second kappa shape index (κ2) is 3.93. The number of alkyl halides is 1. The lowest BCUT2D eigenvalue weighted by atomic mass is 9.96. The molecule has 0 aliphatic heterocycles. The molecule has 0 aromatic carbocycles. The molecule has 0 saturated heterocycles. The summed E-state index contributed by atoms with van der Waals surface area (Å²) in [5, 5.41) is 0.191. The fourth-order valence-corrected chi connectivity index (χ4v) is 1.61. The Labute approximate surface area is 72.9 Å². The highest BCUT2D eigenvalue weighted by Crippen LogP contribution is 2.23. The van der Waals surface area contributed by atoms with E-state index in [0.29, 0.717) is 0 Å². The zero-order valence-corrected chi connectivity index (χ0v) is 7.56. The molecular weight excluding hydrogens is 158 g/mol. The zero-order chi connectivity index (χ0) is 8.27. The van der Waals surface area contributed by atoms with Crippen LogP contribution in [0.2, 0.25) is 0 Å². The van der Waals surface area contributed by atoms with Crippen LogP contribution in [0.15, 0.2) is 23.3 Å². The number of halogens is 1. The van der Waals surface area contributed by atoms with Crippen molar-refractivity contribution < 1.29 is 0 Å². The zero-order valence-electron chi connectivity index (χ0n) is 6.81. The van der Waals surface area contributed by atoms with Crippen LogP contribution in [0.1, 0.15) is 19.8 Å². The van der Waals surface area contributed by atoms with Crippen LogP contribution in [0.25, 0.3) is 0 Å². The Balaban J connectivity index is 2.64. The first-order valence-corrected chi connectivity index (χ1v) is 4.38. The van der Waals surface area contributed by atoms with E-state index in [2.05, 4.69) is 13.0 Å². The van der Waals surface area contributed by atoms with Crippen molar-refractivity contribution in [1.82, 2.24) is 0 Å². The minimum absolute atomic E-state index is 0.191. The lowest BCUT2D eigenvalue weighted by Crippen LogP contribution is -2.06. The molecule has 0 bridgehead atoms. The van der Waals surface area contributed by atoms with Crippen LogP contribution < -0.4 is 5.73 Å². The van der Waals surface area contributed by atoms with E-state index in [9.17, 15) is 0 Å². The third-order valence-electron chi connectivity index (χ3n) is 1.97. The summed E-state index contributed by atoms with van der Waals surface area (Å²) in [6, 6.07) is 0. The van der Waals surface area contributed by atoms with E-state index in [0.717, 1.165) is 19.4 Å². The minimum atomic E-state index is 0.191. The summed E-state index contributed by atoms with van der Waals surface area (Å²) in [6.07, 6.45) is 6.10. The molecule has 1 aliphatic rings. The molecule has 62 valence electrons. The van der Waals surface area contributed by atoms with Gasteiger partial charge in [0, 0.05) is 0 Å². The average molecular weight is 172 g/mol. The van der Waals surface area contributed by atoms with Crippen molar-refractivity contribution in [1.29, 1.82) is 0 Å². The van der Waals surface area contributed by atoms with E-state index >= 15 is 0 Å². The van der Waals surface area contributed by atoms with Gasteiger partial charge in [0.05, 0.1) is 5.38 Å². The van der Waals surface area contributed by atoms with Gasteiger partial charge in [-0.15, -0.1) is 11.6 Å². The minimum Gasteiger partial charge on any atom is -0.330 e. The molecule has 11 heavy (non-hydrogen) atoms. The molecule has 0 amide bonds. The van der Waals surface area contributed by atoms with Gasteiger partial charge in [-0.1, -0.05) is 17.7 Å². The summed E-state index contributed by atoms with van der Waals surface area (Å²) >= 11 is 5.92. The van der Waals surface area contributed by atoms with Gasteiger partial charge in [-0.05, 0) is 31.9 Å². The van der Waals surface area contributed by atoms with Crippen LogP contribution in [0.3, 0.4) is 0 Å². The first kappa shape index (κ1) is 8.82. The standard InChI is InChI=1S/C9H14ClN/c1-7-6-9(10)3-2-8(7)4-5-11/h2-3,9H,4-6,11H2,1H3. The molecule has 0 radical (unpaired) electrons. The number of allylic oxidation sites excluding steroid dienone is 3. The fraction of sp³-hybridized carbons (Fsp3) is 0.556. The molecule has 2 N–H and O–H groups in total. The Morgan fingerprint density at radius 1 is 1.73 bits per heavy atom. The number of rotatable bonds is 2. The number of nitrogens with two attached hydrogens (primary N) is 1. The van der Waals surface area contributed by atoms with Crippen molar-refractivity contribution >= 4 is 11.6 Å². The molecule has 0 aromatic rings. The predicted molar refractivity (Wildman–Crippen MR) is 49.8 cm³/mol. The monoisotopic (exact) mass is 171 g/mol. The van der Waals surface area contributed by atoms with Crippen molar-refractivity contribution in [3.8, 4) is 0 Å². The molecule has 1 unspecified atom stereocenters. The first-order chi connectivity index (χ1) is 5.24. The fourth-order valence-electron chi connectivity index (χ4n) is 1.31. The molecule has 0 spiro atoms. The van der Waals surface area contributed by atoms with Gasteiger partial charge in [0.1, 0.15) is 0 Å². The maximum Gasteiger partial charge on any atom is 0.0556 e. The van der Waals surface area contributed by atoms with Gasteiger partial charge < -0.3 is 5.73 Å². The molecule has 2 heteroatoms. The second-order valence-corrected chi connectivity index (χ2v) is 3.48. The number of hydrogen-bond donors (Lipinski definition) is 1. The van der Waals surface area contributed by atoms with E-state index in [1.165, 1.54) is 11.1 Å². The molecule has 1 rings (SSSR count). The SMILES string of the molecule is CC1=C(CCN)C=CC(Cl)C1. The van der Waals surface area contributed by atoms with E-state index in [1.54, 1.807) is 0 Å². The maximum absolute atomic E-state index is 5.92. The van der Waals surface area contributed by atoms with Crippen molar-refractivity contribution in [3.63, 3.8) is 0 Å². The van der Waals surface area contributed by atoms with Gasteiger partial charge in [-0.2, -0.15) is 0 Å². The predicted octanol–water partition coefficient (Wildman–Crippen LogP) is 2.22. The molecular formula is C9H14ClN. The van der Waals surface area contributed by atoms with E-state index in [1.807, 2.05) is 6.08 Å². The molecule has 1 aliphatic carbocycles. The number of hydrogen-bond acceptors (Lipinski definition) is 1. The van der Waals surface area contributed by atoms with Crippen molar-refractivity contribution in [2.45, 2.75) is 25.1 Å². The highest BCUT2D eigenvalue weighted by atomic mass is 35.5. The smallest absolute Gasteiger partial charge is 0.0556 e. The van der Waals surface area contributed by atoms with E-state index in [-0.39, 0.29) is 5.38 Å². The van der Waals surface area contributed by atoms with E-state index < -0.39 is 0 Å². The Hall–Kier alpha value is -0.270. The average Bonchev–Trinajstić information content (AvgIpc) is 1.95. The summed E-state index contributed by atoms with van der Waals surface area (Å²) in [5.74, 6) is 0. The molecule has 0 fully saturated rings. The van der Waals surface area contributed by atoms with Crippen LogP contribution >= 0.6 is 11.6 Å². The van der Waals surface area contributed by atoms with Crippen molar-refractivity contribution in [2.24, 2.45) is 5.73 Å². The van der Waals surface area contributed by atoms with Crippen molar-refractivity contribution in [2.75, 3.05) is 6.54 Å². The van der Waals surface area contributed by atoms with Crippen LogP contribution in [-0.4, -0.2) is 11.9 Å². The Morgan fingerprint density at radius 3 is 3.00 bits per heavy atom. The highest BCUT2D eigenvalue weighted by Gasteiger charge is 2.09. The van der Waals surface area contributed by atoms with Crippen molar-refractivity contribution in [3.05, 3.63) is 23.3 Å². The summed E-state index contributed by atoms with van der Waals surface area (Å²) in [5.41, 5.74) is 8.21. The third kappa shape index (κ3) is 2.35. The Morgan fingerprint density at radius 2 is 2.45 bits per heavy atom. The highest BCUT2D eigenvalue weighted by molar-refractivity contribution is 6.22. The summed E-state index contributed by atoms with van der Waals surface area (Å²) in [6.45, 7) is 2.85. The van der Waals surface area contributed by atoms with Gasteiger partial charge in [0.15, 0.2) is 0 Å².